The average Bonchev–Trinajstić information content (AvgIpc) is 2.85. The van der Waals surface area contributed by atoms with E-state index in [1.165, 1.54) is 0 Å². The summed E-state index contributed by atoms with van der Waals surface area (Å²) in [6.45, 7) is 6.88. The Morgan fingerprint density at radius 3 is 2.77 bits per heavy atom. The van der Waals surface area contributed by atoms with Crippen LogP contribution in [0, 0.1) is 4.77 Å². The summed E-state index contributed by atoms with van der Waals surface area (Å²) in [6, 6.07) is 3.65. The smallest absolute Gasteiger partial charge is 0.214 e. The topological polar surface area (TPSA) is 64.1 Å². The minimum atomic E-state index is 0.0449. The van der Waals surface area contributed by atoms with Gasteiger partial charge in [0.15, 0.2) is 11.5 Å². The largest absolute Gasteiger partial charge is 0.490 e. The Kier molecular flexibility index (Phi) is 5.68. The molecule has 0 aliphatic carbocycles. The van der Waals surface area contributed by atoms with E-state index in [2.05, 4.69) is 15.6 Å². The molecule has 6 nitrogen and oxygen atoms in total. The lowest BCUT2D eigenvalue weighted by Gasteiger charge is -2.17. The molecule has 1 aromatic heterocycles. The van der Waals surface area contributed by atoms with Crippen LogP contribution in [0.25, 0.3) is 0 Å². The summed E-state index contributed by atoms with van der Waals surface area (Å²) in [5.74, 6) is 1.32. The molecule has 0 radical (unpaired) electrons. The van der Waals surface area contributed by atoms with E-state index >= 15 is 0 Å². The fourth-order valence-electron chi connectivity index (χ4n) is 1.86. The van der Waals surface area contributed by atoms with Gasteiger partial charge in [-0.05, 0) is 44.6 Å². The monoisotopic (exact) mass is 342 g/mol. The molecule has 0 aliphatic rings. The Bertz CT molecular complexity index is 684. The second kappa shape index (κ2) is 7.51. The lowest BCUT2D eigenvalue weighted by molar-refractivity contribution is 0.223. The molecule has 22 heavy (non-hydrogen) atoms. The van der Waals surface area contributed by atoms with Gasteiger partial charge in [-0.3, -0.25) is 5.10 Å². The van der Waals surface area contributed by atoms with E-state index in [1.807, 2.05) is 26.8 Å². The highest BCUT2D eigenvalue weighted by molar-refractivity contribution is 7.71. The van der Waals surface area contributed by atoms with E-state index in [4.69, 9.17) is 33.3 Å². The molecular formula is C14H19ClN4O2S. The summed E-state index contributed by atoms with van der Waals surface area (Å²) >= 11 is 11.4. The van der Waals surface area contributed by atoms with E-state index in [9.17, 15) is 0 Å². The van der Waals surface area contributed by atoms with Crippen LogP contribution in [0.4, 0.5) is 0 Å². The van der Waals surface area contributed by atoms with Crippen LogP contribution >= 0.6 is 23.8 Å². The van der Waals surface area contributed by atoms with Gasteiger partial charge < -0.3 is 14.9 Å². The molecule has 2 N–H and O–H groups in total. The van der Waals surface area contributed by atoms with Crippen molar-refractivity contribution in [3.63, 3.8) is 0 Å². The number of H-pyrrole nitrogens is 1. The van der Waals surface area contributed by atoms with Gasteiger partial charge in [-0.2, -0.15) is 5.10 Å². The van der Waals surface area contributed by atoms with E-state index < -0.39 is 0 Å². The van der Waals surface area contributed by atoms with Gasteiger partial charge in [0.05, 0.1) is 19.3 Å². The van der Waals surface area contributed by atoms with Crippen LogP contribution in [-0.2, 0) is 6.54 Å². The number of halogens is 1. The number of aromatic amines is 1. The van der Waals surface area contributed by atoms with E-state index in [-0.39, 0.29) is 6.10 Å². The highest BCUT2D eigenvalue weighted by atomic mass is 35.5. The van der Waals surface area contributed by atoms with E-state index in [1.54, 1.807) is 17.1 Å². The minimum absolute atomic E-state index is 0.0449. The summed E-state index contributed by atoms with van der Waals surface area (Å²) in [7, 11) is 0. The Morgan fingerprint density at radius 2 is 2.18 bits per heavy atom. The van der Waals surface area contributed by atoms with Crippen LogP contribution in [0.5, 0.6) is 11.5 Å². The first-order valence-corrected chi connectivity index (χ1v) is 7.77. The fourth-order valence-corrected chi connectivity index (χ4v) is 2.24. The Hall–Kier alpha value is -1.73. The van der Waals surface area contributed by atoms with E-state index in [0.29, 0.717) is 34.4 Å². The maximum Gasteiger partial charge on any atom is 0.214 e. The van der Waals surface area contributed by atoms with Crippen LogP contribution in [0.15, 0.2) is 18.5 Å². The molecule has 0 atom stereocenters. The molecule has 0 saturated heterocycles. The van der Waals surface area contributed by atoms with Crippen LogP contribution in [0.3, 0.4) is 0 Å². The van der Waals surface area contributed by atoms with Crippen LogP contribution in [0.2, 0.25) is 5.02 Å². The van der Waals surface area contributed by atoms with Crippen molar-refractivity contribution in [3.8, 4) is 11.5 Å². The quantitative estimate of drug-likeness (QED) is 0.754. The minimum Gasteiger partial charge on any atom is -0.490 e. The predicted octanol–water partition coefficient (Wildman–Crippen LogP) is 3.52. The van der Waals surface area contributed by atoms with Crippen molar-refractivity contribution in [3.05, 3.63) is 33.8 Å². The molecule has 1 heterocycles. The molecule has 2 aromatic rings. The Labute approximate surface area is 139 Å². The zero-order chi connectivity index (χ0) is 16.1. The van der Waals surface area contributed by atoms with Crippen molar-refractivity contribution >= 4 is 23.8 Å². The zero-order valence-electron chi connectivity index (χ0n) is 12.7. The molecule has 8 heteroatoms. The SMILES string of the molecule is CCOc1cc(CNn2cn[nH]c2=S)c(Cl)cc1OC(C)C. The Balaban J connectivity index is 2.22. The molecule has 1 aromatic carbocycles. The fraction of sp³-hybridized carbons (Fsp3) is 0.429. The van der Waals surface area contributed by atoms with Crippen molar-refractivity contribution in [2.24, 2.45) is 0 Å². The number of nitrogens with zero attached hydrogens (tertiary/aromatic N) is 2. The highest BCUT2D eigenvalue weighted by Gasteiger charge is 2.12. The van der Waals surface area contributed by atoms with Gasteiger partial charge in [-0.15, -0.1) is 0 Å². The number of hydrogen-bond donors (Lipinski definition) is 2. The first-order valence-electron chi connectivity index (χ1n) is 6.99. The zero-order valence-corrected chi connectivity index (χ0v) is 14.3. The van der Waals surface area contributed by atoms with Gasteiger partial charge in [-0.25, -0.2) is 4.68 Å². The molecule has 2 rings (SSSR count). The summed E-state index contributed by atoms with van der Waals surface area (Å²) in [5, 5.41) is 7.11. The van der Waals surface area contributed by atoms with Gasteiger partial charge in [0.2, 0.25) is 4.77 Å². The normalized spacial score (nSPS) is 10.8. The molecule has 0 spiro atoms. The second-order valence-corrected chi connectivity index (χ2v) is 5.65. The summed E-state index contributed by atoms with van der Waals surface area (Å²) in [6.07, 6.45) is 1.61. The number of aromatic nitrogens is 3. The maximum atomic E-state index is 6.33. The number of rotatable bonds is 7. The molecule has 0 bridgehead atoms. The predicted molar refractivity (Wildman–Crippen MR) is 88.9 cm³/mol. The third kappa shape index (κ3) is 4.14. The van der Waals surface area contributed by atoms with E-state index in [0.717, 1.165) is 5.56 Å². The summed E-state index contributed by atoms with van der Waals surface area (Å²) in [5.41, 5.74) is 4.00. The number of nitrogens with one attached hydrogen (secondary N) is 2. The first-order chi connectivity index (χ1) is 10.5. The van der Waals surface area contributed by atoms with Crippen molar-refractivity contribution < 1.29 is 9.47 Å². The number of benzene rings is 1. The van der Waals surface area contributed by atoms with Gasteiger partial charge >= 0.3 is 0 Å². The molecule has 0 aliphatic heterocycles. The molecule has 0 fully saturated rings. The van der Waals surface area contributed by atoms with Crippen LogP contribution in [0.1, 0.15) is 26.3 Å². The van der Waals surface area contributed by atoms with Gasteiger partial charge in [0, 0.05) is 11.1 Å². The van der Waals surface area contributed by atoms with Crippen LogP contribution < -0.4 is 14.9 Å². The van der Waals surface area contributed by atoms with Crippen molar-refractivity contribution in [1.29, 1.82) is 0 Å². The lowest BCUT2D eigenvalue weighted by Crippen LogP contribution is -2.14. The number of hydrogen-bond acceptors (Lipinski definition) is 5. The average molecular weight is 343 g/mol. The summed E-state index contributed by atoms with van der Waals surface area (Å²) < 4.78 is 13.5. The lowest BCUT2D eigenvalue weighted by atomic mass is 10.2. The standard InChI is InChI=1S/C14H19ClN4O2S/c1-4-20-12-5-10(7-17-19-8-16-18-14(19)22)11(15)6-13(12)21-9(2)3/h5-6,8-9,17H,4,7H2,1-3H3,(H,18,22). The van der Waals surface area contributed by atoms with Crippen molar-refractivity contribution in [2.45, 2.75) is 33.4 Å². The molecule has 0 amide bonds. The highest BCUT2D eigenvalue weighted by Crippen LogP contribution is 2.34. The second-order valence-electron chi connectivity index (χ2n) is 4.86. The Morgan fingerprint density at radius 1 is 1.41 bits per heavy atom. The number of ether oxygens (including phenoxy) is 2. The molecular weight excluding hydrogens is 324 g/mol. The third-order valence-electron chi connectivity index (χ3n) is 2.77. The van der Waals surface area contributed by atoms with Crippen molar-refractivity contribution in [1.82, 2.24) is 14.9 Å². The third-order valence-corrected chi connectivity index (χ3v) is 3.41. The molecule has 0 unspecified atom stereocenters. The molecule has 120 valence electrons. The first kappa shape index (κ1) is 16.6. The van der Waals surface area contributed by atoms with Gasteiger partial charge in [0.1, 0.15) is 6.33 Å². The van der Waals surface area contributed by atoms with Crippen LogP contribution in [-0.4, -0.2) is 27.6 Å². The molecule has 0 saturated carbocycles. The summed E-state index contributed by atoms with van der Waals surface area (Å²) in [4.78, 5) is 0. The van der Waals surface area contributed by atoms with Gasteiger partial charge in [0.25, 0.3) is 0 Å². The van der Waals surface area contributed by atoms with Crippen molar-refractivity contribution in [2.75, 3.05) is 12.0 Å². The van der Waals surface area contributed by atoms with Gasteiger partial charge in [-0.1, -0.05) is 11.6 Å². The maximum absolute atomic E-state index is 6.33.